The Labute approximate surface area is 64.7 Å². The second-order valence-corrected chi connectivity index (χ2v) is 2.22. The highest BCUT2D eigenvalue weighted by molar-refractivity contribution is 5.28. The van der Waals surface area contributed by atoms with E-state index in [1.807, 2.05) is 0 Å². The van der Waals surface area contributed by atoms with Crippen molar-refractivity contribution in [1.29, 1.82) is 0 Å². The van der Waals surface area contributed by atoms with Gasteiger partial charge in [-0.15, -0.1) is 0 Å². The number of aliphatic hydroxyl groups is 2. The number of aliphatic hydroxyl groups excluding tert-OH is 2. The lowest BCUT2D eigenvalue weighted by molar-refractivity contribution is 0.533. The van der Waals surface area contributed by atoms with Crippen molar-refractivity contribution < 1.29 is 10.2 Å². The lowest BCUT2D eigenvalue weighted by atomic mass is 10.2. The molecule has 0 spiro atoms. The maximum atomic E-state index is 8.69. The van der Waals surface area contributed by atoms with Gasteiger partial charge in [-0.3, -0.25) is 0 Å². The van der Waals surface area contributed by atoms with Gasteiger partial charge in [0.15, 0.2) is 0 Å². The molecule has 2 heteroatoms. The zero-order valence-electron chi connectivity index (χ0n) is 5.99. The minimum atomic E-state index is 0.569. The second-order valence-electron chi connectivity index (χ2n) is 2.22. The fraction of sp³-hybridized carbons (Fsp3) is 0. The first-order chi connectivity index (χ1) is 5.27. The monoisotopic (exact) mass is 149 g/mol. The fourth-order valence-electron chi connectivity index (χ4n) is 0.854. The number of benzene rings is 1. The number of rotatable bonds is 0. The van der Waals surface area contributed by atoms with Crippen LogP contribution < -0.4 is 10.4 Å². The van der Waals surface area contributed by atoms with Crippen LogP contribution in [0, 0.1) is 6.92 Å². The van der Waals surface area contributed by atoms with Crippen LogP contribution in [0.2, 0.25) is 0 Å². The van der Waals surface area contributed by atoms with Gasteiger partial charge in [-0.05, 0) is 18.6 Å². The van der Waals surface area contributed by atoms with E-state index in [9.17, 15) is 0 Å². The largest absolute Gasteiger partial charge is 0.515 e. The van der Waals surface area contributed by atoms with Crippen LogP contribution in [0.25, 0.3) is 12.5 Å². The molecule has 0 fully saturated rings. The summed E-state index contributed by atoms with van der Waals surface area (Å²) in [5.74, 6) is 0. The van der Waals surface area contributed by atoms with Crippen LogP contribution in [0.4, 0.5) is 0 Å². The summed E-state index contributed by atoms with van der Waals surface area (Å²) in [4.78, 5) is 0. The predicted molar refractivity (Wildman–Crippen MR) is 44.3 cm³/mol. The van der Waals surface area contributed by atoms with E-state index >= 15 is 0 Å². The zero-order valence-corrected chi connectivity index (χ0v) is 5.99. The van der Waals surface area contributed by atoms with E-state index in [1.165, 1.54) is 0 Å². The quantitative estimate of drug-likeness (QED) is 0.562. The van der Waals surface area contributed by atoms with Gasteiger partial charge in [0.1, 0.15) is 0 Å². The number of hydrogen-bond acceptors (Lipinski definition) is 2. The Morgan fingerprint density at radius 1 is 1.09 bits per heavy atom. The first-order valence-electron chi connectivity index (χ1n) is 3.19. The SMILES string of the molecule is [CH2]c1ccc(=CO)c(=CO)c1. The molecular weight excluding hydrogens is 140 g/mol. The van der Waals surface area contributed by atoms with Gasteiger partial charge in [-0.25, -0.2) is 0 Å². The molecule has 57 valence electrons. The molecule has 0 heterocycles. The molecule has 2 N–H and O–H groups in total. The van der Waals surface area contributed by atoms with E-state index in [1.54, 1.807) is 18.2 Å². The van der Waals surface area contributed by atoms with E-state index in [2.05, 4.69) is 6.92 Å². The Bertz CT molecular complexity index is 352. The molecule has 0 saturated carbocycles. The first kappa shape index (κ1) is 7.66. The van der Waals surface area contributed by atoms with Crippen LogP contribution in [0.3, 0.4) is 0 Å². The average Bonchev–Trinajstić information content (AvgIpc) is 2.04. The van der Waals surface area contributed by atoms with Crippen LogP contribution in [0.5, 0.6) is 0 Å². The van der Waals surface area contributed by atoms with Crippen LogP contribution in [-0.4, -0.2) is 10.2 Å². The van der Waals surface area contributed by atoms with E-state index in [4.69, 9.17) is 10.2 Å². The molecule has 0 aliphatic heterocycles. The molecule has 0 bridgehead atoms. The van der Waals surface area contributed by atoms with Gasteiger partial charge in [0.05, 0.1) is 12.5 Å². The van der Waals surface area contributed by atoms with Gasteiger partial charge in [-0.2, -0.15) is 0 Å². The van der Waals surface area contributed by atoms with E-state index in [-0.39, 0.29) is 0 Å². The van der Waals surface area contributed by atoms with Crippen molar-refractivity contribution in [2.45, 2.75) is 0 Å². The van der Waals surface area contributed by atoms with E-state index < -0.39 is 0 Å². The summed E-state index contributed by atoms with van der Waals surface area (Å²) in [5, 5.41) is 18.5. The molecule has 11 heavy (non-hydrogen) atoms. The predicted octanol–water partition coefficient (Wildman–Crippen LogP) is 0.461. The lowest BCUT2D eigenvalue weighted by Gasteiger charge is -1.90. The molecule has 2 nitrogen and oxygen atoms in total. The smallest absolute Gasteiger partial charge is 0.0871 e. The summed E-state index contributed by atoms with van der Waals surface area (Å²) in [6.07, 6.45) is 1.89. The minimum absolute atomic E-state index is 0.569. The van der Waals surface area contributed by atoms with Gasteiger partial charge < -0.3 is 10.2 Å². The Balaban J connectivity index is 3.55. The Morgan fingerprint density at radius 3 is 2.27 bits per heavy atom. The van der Waals surface area contributed by atoms with E-state index in [0.717, 1.165) is 18.1 Å². The standard InChI is InChI=1S/C9H9O2/c1-7-2-3-8(5-10)9(4-7)6-11/h2-6,10-11H,1H2. The van der Waals surface area contributed by atoms with Crippen molar-refractivity contribution in [3.63, 3.8) is 0 Å². The molecule has 0 unspecified atom stereocenters. The summed E-state index contributed by atoms with van der Waals surface area (Å²) in [7, 11) is 0. The molecule has 0 atom stereocenters. The summed E-state index contributed by atoms with van der Waals surface area (Å²) in [6.45, 7) is 3.68. The molecule has 1 rings (SSSR count). The average molecular weight is 149 g/mol. The Kier molecular flexibility index (Phi) is 2.16. The minimum Gasteiger partial charge on any atom is -0.515 e. The molecule has 0 aromatic heterocycles. The number of hydrogen-bond donors (Lipinski definition) is 2. The van der Waals surface area contributed by atoms with Crippen molar-refractivity contribution in [3.8, 4) is 0 Å². The fourth-order valence-corrected chi connectivity index (χ4v) is 0.854. The molecule has 1 aromatic carbocycles. The Hall–Kier alpha value is -1.44. The molecular formula is C9H9O2. The van der Waals surface area contributed by atoms with Crippen molar-refractivity contribution in [1.82, 2.24) is 0 Å². The maximum Gasteiger partial charge on any atom is 0.0871 e. The van der Waals surface area contributed by atoms with Crippen LogP contribution in [-0.2, 0) is 0 Å². The molecule has 1 aromatic rings. The highest BCUT2D eigenvalue weighted by Gasteiger charge is 1.85. The van der Waals surface area contributed by atoms with Gasteiger partial charge in [-0.1, -0.05) is 12.1 Å². The van der Waals surface area contributed by atoms with Gasteiger partial charge in [0, 0.05) is 10.4 Å². The third-order valence-corrected chi connectivity index (χ3v) is 1.43. The van der Waals surface area contributed by atoms with Crippen molar-refractivity contribution in [3.05, 3.63) is 41.1 Å². The maximum absolute atomic E-state index is 8.69. The molecule has 0 amide bonds. The van der Waals surface area contributed by atoms with Crippen LogP contribution in [0.1, 0.15) is 5.56 Å². The zero-order chi connectivity index (χ0) is 8.27. The summed E-state index contributed by atoms with van der Waals surface area (Å²) in [6, 6.07) is 5.13. The van der Waals surface area contributed by atoms with Gasteiger partial charge >= 0.3 is 0 Å². The molecule has 0 aliphatic carbocycles. The highest BCUT2D eigenvalue weighted by atomic mass is 16.2. The van der Waals surface area contributed by atoms with Crippen molar-refractivity contribution in [2.24, 2.45) is 0 Å². The topological polar surface area (TPSA) is 40.5 Å². The summed E-state index contributed by atoms with van der Waals surface area (Å²) < 4.78 is 0. The van der Waals surface area contributed by atoms with Crippen LogP contribution in [0.15, 0.2) is 18.2 Å². The highest BCUT2D eigenvalue weighted by Crippen LogP contribution is 1.85. The summed E-state index contributed by atoms with van der Waals surface area (Å²) in [5.41, 5.74) is 0.802. The van der Waals surface area contributed by atoms with Crippen molar-refractivity contribution in [2.75, 3.05) is 0 Å². The first-order valence-corrected chi connectivity index (χ1v) is 3.19. The van der Waals surface area contributed by atoms with Gasteiger partial charge in [0.25, 0.3) is 0 Å². The lowest BCUT2D eigenvalue weighted by Crippen LogP contribution is -2.24. The summed E-state index contributed by atoms with van der Waals surface area (Å²) >= 11 is 0. The van der Waals surface area contributed by atoms with Crippen LogP contribution >= 0.6 is 0 Å². The molecule has 0 aliphatic rings. The van der Waals surface area contributed by atoms with Gasteiger partial charge in [0.2, 0.25) is 0 Å². The Morgan fingerprint density at radius 2 is 1.73 bits per heavy atom. The normalized spacial score (nSPS) is 13.9. The third-order valence-electron chi connectivity index (χ3n) is 1.43. The second kappa shape index (κ2) is 3.10. The molecule has 0 saturated heterocycles. The van der Waals surface area contributed by atoms with E-state index in [0.29, 0.717) is 10.4 Å². The third kappa shape index (κ3) is 1.52. The van der Waals surface area contributed by atoms with Crippen molar-refractivity contribution >= 4 is 12.5 Å². The molecule has 1 radical (unpaired) electrons.